The summed E-state index contributed by atoms with van der Waals surface area (Å²) in [6, 6.07) is 10.3. The van der Waals surface area contributed by atoms with E-state index in [-0.39, 0.29) is 12.8 Å². The monoisotopic (exact) mass is 1450 g/mol. The van der Waals surface area contributed by atoms with Crippen LogP contribution in [0.1, 0.15) is 94.5 Å². The standard InChI is InChI=1S/C79H71N3O24/c1-70(66(99)104-16-40(96)80-72(22-86,23-87)24-88,67(100)105-17-41(97)81-73(25-89,26-90)27-91)76-7-5-33-10-34-9-32-4-6-75-13-37-12-36-11-35-8-31-2-3-39(76)48-43(31)49-45(35)58-60-56-53(49)52(48)59-55-51(47(33)64(59)76)44(34)50-46(32)63(75)61(57(50)54(55)56)65(60)77(62(36)58)78(79(37,75)77,68(101)103-15-38(95)14-71(19-83,20-84)21-85)69(102)106-18-42(98)82-74(28-92,29-93)30-94/h2-4,6,8-11,37,62,64,83-94H,5,7,12-30H2,1H3,(H,80,96)(H,81,97)(H,82,98). The lowest BCUT2D eigenvalue weighted by atomic mass is 9.38. The summed E-state index contributed by atoms with van der Waals surface area (Å²) in [5, 5.41) is 146. The largest absolute Gasteiger partial charge is 0.457 e. The summed E-state index contributed by atoms with van der Waals surface area (Å²) in [5.74, 6) is -11.0. The van der Waals surface area contributed by atoms with E-state index in [0.29, 0.717) is 29.4 Å². The molecule has 546 valence electrons. The molecule has 3 spiro atoms. The van der Waals surface area contributed by atoms with Crippen molar-refractivity contribution in [3.05, 3.63) is 92.1 Å². The number of Topliss-reactive ketones (excluding diaryl/α,β-unsaturated/α-hetero) is 1. The first-order chi connectivity index (χ1) is 51.0. The van der Waals surface area contributed by atoms with Crippen LogP contribution in [0.5, 0.6) is 0 Å². The lowest BCUT2D eigenvalue weighted by Gasteiger charge is -2.64. The minimum atomic E-state index is -2.56. The first-order valence-electron chi connectivity index (χ1n) is 35.6. The average molecular weight is 1450 g/mol. The first kappa shape index (κ1) is 66.3. The van der Waals surface area contributed by atoms with Gasteiger partial charge in [0.15, 0.2) is 36.4 Å². The summed E-state index contributed by atoms with van der Waals surface area (Å²) < 4.78 is 24.9. The third kappa shape index (κ3) is 6.59. The molecule has 15 N–H and O–H groups in total. The van der Waals surface area contributed by atoms with Crippen LogP contribution in [0, 0.1) is 27.6 Å². The molecule has 3 saturated carbocycles. The number of amides is 3. The number of rotatable bonds is 30. The van der Waals surface area contributed by atoms with E-state index in [2.05, 4.69) is 52.4 Å². The summed E-state index contributed by atoms with van der Waals surface area (Å²) in [5.41, 5.74) is -10.5. The topological polar surface area (TPSA) is 452 Å². The molecule has 10 aliphatic rings. The number of aliphatic hydroxyl groups is 12. The second-order valence-corrected chi connectivity index (χ2v) is 32.4. The van der Waals surface area contributed by atoms with Crippen LogP contribution in [0.4, 0.5) is 0 Å². The quantitative estimate of drug-likeness (QED) is 0.00920. The van der Waals surface area contributed by atoms with Crippen molar-refractivity contribution in [3.8, 4) is 0 Å². The van der Waals surface area contributed by atoms with Crippen LogP contribution in [-0.4, -0.2) is 231 Å². The van der Waals surface area contributed by atoms with Crippen LogP contribution < -0.4 is 16.0 Å². The Balaban J connectivity index is 0.875. The maximum atomic E-state index is 16.9. The van der Waals surface area contributed by atoms with E-state index in [0.717, 1.165) is 136 Å². The number of nitrogens with one attached hydrogen (secondary N) is 3. The Morgan fingerprint density at radius 1 is 0.491 bits per heavy atom. The van der Waals surface area contributed by atoms with Gasteiger partial charge in [0.25, 0.3) is 17.7 Å². The molecule has 0 bridgehead atoms. The second kappa shape index (κ2) is 20.7. The van der Waals surface area contributed by atoms with Gasteiger partial charge in [0.05, 0.1) is 79.3 Å². The minimum Gasteiger partial charge on any atom is -0.457 e. The molecule has 27 heteroatoms. The predicted octanol–water partition coefficient (Wildman–Crippen LogP) is -0.0852. The van der Waals surface area contributed by atoms with Crippen LogP contribution in [0.25, 0.3) is 109 Å². The normalized spacial score (nSPS) is 25.4. The number of allylic oxidation sites excluding steroid dienone is 2. The van der Waals surface area contributed by atoms with Crippen molar-refractivity contribution >= 4 is 156 Å². The van der Waals surface area contributed by atoms with Gasteiger partial charge >= 0.3 is 23.9 Å². The van der Waals surface area contributed by atoms with Crippen LogP contribution in [-0.2, 0) is 80.0 Å². The lowest BCUT2D eigenvalue weighted by molar-refractivity contribution is -0.181. The molecule has 0 radical (unpaired) electrons. The molecule has 0 aliphatic heterocycles. The third-order valence-electron chi connectivity index (χ3n) is 28.2. The van der Waals surface area contributed by atoms with Gasteiger partial charge in [0.1, 0.15) is 23.2 Å². The molecular formula is C79H71N3O24. The van der Waals surface area contributed by atoms with Gasteiger partial charge in [0, 0.05) is 45.3 Å². The Hall–Kier alpha value is -9.20. The van der Waals surface area contributed by atoms with Gasteiger partial charge in [-0.25, -0.2) is 0 Å². The Bertz CT molecular complexity index is 5710. The SMILES string of the molecule is CC(C(=O)OCC(=O)NC(CO)(CO)CO)(C(=O)OCC(=O)NC(CO)(CO)CO)C12CCc3cc4cc5c6c7c8c9c%10c%11c%12c(cc%13ccc1c1c%14c%15c%16c(c3C%152)c4c6c8c%16c%10c%14c%12c%131)C=C1CC2CC7(C=C5)C23C(C(=O)OCC(=O)CC(CO)(CO)CO)(C(=O)OCC(=O)NC(CO)(CO)CO)C93C1%11. The van der Waals surface area contributed by atoms with Crippen molar-refractivity contribution in [3.63, 3.8) is 0 Å². The predicted molar refractivity (Wildman–Crippen MR) is 374 cm³/mol. The first-order valence-corrected chi connectivity index (χ1v) is 35.6. The van der Waals surface area contributed by atoms with Crippen molar-refractivity contribution in [1.82, 2.24) is 16.0 Å². The van der Waals surface area contributed by atoms with Crippen LogP contribution in [0.2, 0.25) is 0 Å². The number of fused-ring (bicyclic) bond motifs is 1. The lowest BCUT2D eigenvalue weighted by Crippen LogP contribution is -2.62. The molecule has 8 atom stereocenters. The Morgan fingerprint density at radius 2 is 0.991 bits per heavy atom. The van der Waals surface area contributed by atoms with Crippen LogP contribution >= 0.6 is 0 Å². The van der Waals surface area contributed by atoms with Crippen molar-refractivity contribution in [2.75, 3.05) is 106 Å². The number of benzene rings is 8. The van der Waals surface area contributed by atoms with Gasteiger partial charge < -0.3 is 96.2 Å². The van der Waals surface area contributed by atoms with Crippen molar-refractivity contribution < 1.29 is 119 Å². The fraction of sp³-hybridized carbons (Fsp3) is 0.443. The van der Waals surface area contributed by atoms with E-state index in [9.17, 15) is 80.5 Å². The fourth-order valence-corrected chi connectivity index (χ4v) is 24.2. The van der Waals surface area contributed by atoms with E-state index < -0.39 is 232 Å². The molecule has 10 aromatic rings. The van der Waals surface area contributed by atoms with Gasteiger partial charge in [-0.15, -0.1) is 0 Å². The Kier molecular flexibility index (Phi) is 13.0. The maximum absolute atomic E-state index is 16.9. The molecular weight excluding hydrogens is 1370 g/mol. The van der Waals surface area contributed by atoms with Crippen LogP contribution in [0.3, 0.4) is 0 Å². The highest BCUT2D eigenvalue weighted by Crippen LogP contribution is 3.03. The molecule has 27 nitrogen and oxygen atoms in total. The van der Waals surface area contributed by atoms with E-state index in [1.165, 1.54) is 6.92 Å². The number of esters is 4. The number of aliphatic hydroxyl groups excluding tert-OH is 12. The van der Waals surface area contributed by atoms with E-state index in [4.69, 9.17) is 18.9 Å². The summed E-state index contributed by atoms with van der Waals surface area (Å²) in [6.07, 6.45) is 6.74. The van der Waals surface area contributed by atoms with E-state index in [1.54, 1.807) is 0 Å². The van der Waals surface area contributed by atoms with Gasteiger partial charge in [-0.2, -0.15) is 0 Å². The zero-order chi connectivity index (χ0) is 74.0. The molecule has 0 aromatic heterocycles. The minimum absolute atomic E-state index is 0.0423. The van der Waals surface area contributed by atoms with E-state index in [1.807, 2.05) is 12.1 Å². The zero-order valence-electron chi connectivity index (χ0n) is 57.0. The average Bonchev–Trinajstić information content (AvgIpc) is 1.36. The van der Waals surface area contributed by atoms with Crippen molar-refractivity contribution in [2.45, 2.75) is 83.7 Å². The second-order valence-electron chi connectivity index (χ2n) is 32.4. The molecule has 106 heavy (non-hydrogen) atoms. The fourth-order valence-electron chi connectivity index (χ4n) is 24.2. The van der Waals surface area contributed by atoms with Gasteiger partial charge in [-0.05, 0) is 198 Å². The summed E-state index contributed by atoms with van der Waals surface area (Å²) >= 11 is 0. The van der Waals surface area contributed by atoms with Gasteiger partial charge in [0.2, 0.25) is 0 Å². The van der Waals surface area contributed by atoms with Crippen LogP contribution in [0.15, 0.2) is 42.0 Å². The van der Waals surface area contributed by atoms with Crippen molar-refractivity contribution in [1.29, 1.82) is 0 Å². The maximum Gasteiger partial charge on any atom is 0.325 e. The van der Waals surface area contributed by atoms with Gasteiger partial charge in [-0.3, -0.25) is 38.4 Å². The third-order valence-corrected chi connectivity index (χ3v) is 28.2. The number of aryl methyl sites for hydroxylation is 1. The molecule has 10 aromatic carbocycles. The number of ketones is 1. The summed E-state index contributed by atoms with van der Waals surface area (Å²) in [6.45, 7) is -13.5. The molecule has 3 amide bonds. The highest BCUT2D eigenvalue weighted by atomic mass is 16.6. The molecule has 0 saturated heterocycles. The number of hydrogen-bond acceptors (Lipinski definition) is 24. The molecule has 20 rings (SSSR count). The van der Waals surface area contributed by atoms with E-state index >= 15 is 19.2 Å². The molecule has 3 fully saturated rings. The Labute approximate surface area is 597 Å². The smallest absolute Gasteiger partial charge is 0.325 e. The highest BCUT2D eigenvalue weighted by Gasteiger charge is 3.08. The number of carbonyl (C=O) groups is 8. The Morgan fingerprint density at radius 3 is 1.58 bits per heavy atom. The molecule has 0 heterocycles. The highest BCUT2D eigenvalue weighted by molar-refractivity contribution is 6.56. The summed E-state index contributed by atoms with van der Waals surface area (Å²) in [7, 11) is 0. The molecule has 8 unspecified atom stereocenters. The number of ether oxygens (including phenoxy) is 4. The zero-order valence-corrected chi connectivity index (χ0v) is 57.0. The summed E-state index contributed by atoms with van der Waals surface area (Å²) in [4.78, 5) is 123. The van der Waals surface area contributed by atoms with Crippen molar-refractivity contribution in [2.24, 2.45) is 27.6 Å². The van der Waals surface area contributed by atoms with Gasteiger partial charge in [-0.1, -0.05) is 42.0 Å². The molecule has 10 aliphatic carbocycles. The number of hydrogen-bond donors (Lipinski definition) is 15. The number of carbonyl (C=O) groups excluding carboxylic acids is 8.